The molecule has 8 N–H and O–H groups in total. The molecule has 3 atom stereocenters. The molecule has 0 radical (unpaired) electrons. The zero-order valence-electron chi connectivity index (χ0n) is 73.3. The van der Waals surface area contributed by atoms with Crippen molar-refractivity contribution < 1.29 is 33.6 Å². The number of oxazole rings is 1. The molecule has 0 aliphatic heterocycles. The SMILES string of the molecule is Cc1cc(F)c([C@H](C)Nc2nnc(-c3ccc(-n4cnc(C)c4)c(CO)n3)cc2C)c(F)c1.Cc1ccc(CCCNc2nnc(-c3ccc(-n4cnc(C)c4)c(CO)n3)cc2C)cc1.Cc1cn(-c2ccc(-c3cc(C)c(NC(C)c4nc5ccccc5o4)nn3)nc2CO)cn1.Cc1cn(-c2ccc(-c3cc(C)c(N[C@@H](C)C(C)(C)C)nn3)nc2CO)cn1. The number of aliphatic hydroxyl groups excluding tert-OH is 4. The van der Waals surface area contributed by atoms with Crippen LogP contribution in [0.5, 0.6) is 0 Å². The van der Waals surface area contributed by atoms with Crippen LogP contribution in [0.4, 0.5) is 32.1 Å². The van der Waals surface area contributed by atoms with E-state index in [4.69, 9.17) is 4.42 Å². The highest BCUT2D eigenvalue weighted by atomic mass is 19.1. The van der Waals surface area contributed by atoms with Gasteiger partial charge in [0.15, 0.2) is 28.9 Å². The van der Waals surface area contributed by atoms with Gasteiger partial charge in [-0.2, -0.15) is 0 Å². The van der Waals surface area contributed by atoms with Gasteiger partial charge in [-0.3, -0.25) is 0 Å². The van der Waals surface area contributed by atoms with Crippen LogP contribution in [0, 0.1) is 86.3 Å². The number of hydrogen-bond acceptors (Lipinski definition) is 26. The Morgan fingerprint density at radius 1 is 0.389 bits per heavy atom. The first kappa shape index (κ1) is 89.5. The smallest absolute Gasteiger partial charge is 0.217 e. The van der Waals surface area contributed by atoms with Crippen molar-refractivity contribution in [2.75, 3.05) is 27.8 Å². The van der Waals surface area contributed by atoms with Crippen LogP contribution in [0.15, 0.2) is 188 Å². The Labute approximate surface area is 729 Å². The summed E-state index contributed by atoms with van der Waals surface area (Å²) in [4.78, 5) is 39.8. The van der Waals surface area contributed by atoms with Crippen LogP contribution in [-0.4, -0.2) is 137 Å². The third kappa shape index (κ3) is 21.9. The molecular weight excluding hydrogens is 1600 g/mol. The summed E-state index contributed by atoms with van der Waals surface area (Å²) in [6.07, 6.45) is 16.4. The van der Waals surface area contributed by atoms with Crippen LogP contribution in [0.2, 0.25) is 0 Å². The second-order valence-corrected chi connectivity index (χ2v) is 32.2. The lowest BCUT2D eigenvalue weighted by molar-refractivity contribution is 0.276. The number of nitrogens with zero attached hydrogens (tertiary/aromatic N) is 21. The Balaban J connectivity index is 0.000000144. The number of aromatic nitrogens is 21. The van der Waals surface area contributed by atoms with E-state index in [0.29, 0.717) is 91.4 Å². The quantitative estimate of drug-likeness (QED) is 0.0246. The minimum Gasteiger partial charge on any atom is -0.438 e. The number of imidazole rings is 4. The van der Waals surface area contributed by atoms with Crippen molar-refractivity contribution in [2.24, 2.45) is 5.41 Å². The third-order valence-electron chi connectivity index (χ3n) is 21.1. The van der Waals surface area contributed by atoms with Gasteiger partial charge in [0.05, 0.1) is 149 Å². The Morgan fingerprint density at radius 3 is 1.09 bits per heavy atom. The maximum Gasteiger partial charge on any atom is 0.217 e. The van der Waals surface area contributed by atoms with Crippen molar-refractivity contribution >= 4 is 34.4 Å². The van der Waals surface area contributed by atoms with Crippen LogP contribution < -0.4 is 21.3 Å². The van der Waals surface area contributed by atoms with E-state index in [-0.39, 0.29) is 49.5 Å². The maximum atomic E-state index is 14.3. The highest BCUT2D eigenvalue weighted by molar-refractivity contribution is 5.72. The molecule has 13 aromatic heterocycles. The lowest BCUT2D eigenvalue weighted by atomic mass is 9.88. The van der Waals surface area contributed by atoms with Crippen LogP contribution in [0.3, 0.4) is 0 Å². The summed E-state index contributed by atoms with van der Waals surface area (Å²) in [5.41, 5.74) is 22.3. The standard InChI is InChI=1S/C25H28N6O.C24H24F2N6O.C24H23N7O2.C21H28N6O/c1-17-6-8-20(9-7-17)5-4-12-26-25-18(2)13-22(29-30-25)21-10-11-24(23(15-32)28-21)31-14-19(3)27-16-31;1-13-7-17(25)23(18(26)8-13)16(4)28-24-14(2)9-20(30-31-24)19-5-6-22(21(11-33)29-19)32-10-15(3)27-12-32;1-14-10-19(17-8-9-21(20(12-32)27-17)31-11-15(2)25-13-31)29-30-23(14)26-16(3)24-28-18-6-4-5-7-22(18)33-24;1-13-9-17(25-26-20(13)23-15(3)21(4,5)6)16-7-8-19(18(11-28)24-16)27-10-14(2)22-12-27/h6-11,13-14,16,32H,4-5,12,15H2,1-3H3,(H,26,30);5-10,12,16,33H,11H2,1-4H3,(H,28,31);4-11,13,16,32H,12H2,1-3H3,(H,26,30);7-10,12,15,28H,11H2,1-6H3,(H,23,26)/t;16-;;15-/m.0.0/s1. The van der Waals surface area contributed by atoms with Crippen molar-refractivity contribution in [3.8, 4) is 68.3 Å². The first-order valence-electron chi connectivity index (χ1n) is 41.3. The molecule has 16 rings (SSSR count). The average Bonchev–Trinajstić information content (AvgIpc) is 1.57. The fourth-order valence-electron chi connectivity index (χ4n) is 13.6. The maximum absolute atomic E-state index is 14.3. The van der Waals surface area contributed by atoms with E-state index < -0.39 is 17.7 Å². The number of benzene rings is 3. The number of aryl methyl sites for hydroxylation is 11. The highest BCUT2D eigenvalue weighted by Crippen LogP contribution is 2.33. The van der Waals surface area contributed by atoms with Crippen LogP contribution in [0.25, 0.3) is 79.4 Å². The van der Waals surface area contributed by atoms with Crippen molar-refractivity contribution in [3.63, 3.8) is 0 Å². The molecule has 0 saturated heterocycles. The zero-order chi connectivity index (χ0) is 89.6. The summed E-state index contributed by atoms with van der Waals surface area (Å²) in [5, 5.41) is 87.1. The number of fused-ring (bicyclic) bond motifs is 1. The van der Waals surface area contributed by atoms with E-state index in [0.717, 1.165) is 110 Å². The number of halogens is 2. The van der Waals surface area contributed by atoms with Crippen molar-refractivity contribution in [2.45, 2.75) is 168 Å². The van der Waals surface area contributed by atoms with E-state index in [1.54, 1.807) is 55.9 Å². The Kier molecular flexibility index (Phi) is 28.4. The molecule has 0 aliphatic carbocycles. The summed E-state index contributed by atoms with van der Waals surface area (Å²) in [6.45, 7) is 31.5. The molecule has 0 bridgehead atoms. The first-order chi connectivity index (χ1) is 60.5. The highest BCUT2D eigenvalue weighted by Gasteiger charge is 2.25. The number of aliphatic hydroxyl groups is 4. The first-order valence-corrected chi connectivity index (χ1v) is 41.3. The van der Waals surface area contributed by atoms with Gasteiger partial charge in [0, 0.05) is 42.9 Å². The van der Waals surface area contributed by atoms with Gasteiger partial charge in [0.25, 0.3) is 0 Å². The second kappa shape index (κ2) is 40.0. The number of hydrogen-bond donors (Lipinski definition) is 8. The molecule has 648 valence electrons. The van der Waals surface area contributed by atoms with Crippen molar-refractivity contribution in [1.82, 2.24) is 104 Å². The van der Waals surface area contributed by atoms with E-state index >= 15 is 0 Å². The van der Waals surface area contributed by atoms with E-state index in [9.17, 15) is 29.2 Å². The fourth-order valence-corrected chi connectivity index (χ4v) is 13.6. The Bertz CT molecular complexity index is 6420. The summed E-state index contributed by atoms with van der Waals surface area (Å²) in [6, 6.07) is 41.0. The second-order valence-electron chi connectivity index (χ2n) is 32.2. The van der Waals surface area contributed by atoms with Gasteiger partial charge >= 0.3 is 0 Å². The molecule has 0 amide bonds. The van der Waals surface area contributed by atoms with Gasteiger partial charge in [-0.1, -0.05) is 62.7 Å². The molecule has 16 aromatic rings. The number of rotatable bonds is 25. The lowest BCUT2D eigenvalue weighted by Gasteiger charge is -2.28. The van der Waals surface area contributed by atoms with Crippen LogP contribution in [0.1, 0.15) is 156 Å². The molecular formula is C94H103F2N25O5. The summed E-state index contributed by atoms with van der Waals surface area (Å²) in [5.74, 6) is 1.98. The van der Waals surface area contributed by atoms with Gasteiger partial charge in [-0.25, -0.2) is 53.6 Å². The monoisotopic (exact) mass is 1700 g/mol. The van der Waals surface area contributed by atoms with E-state index in [1.807, 2.05) is 186 Å². The molecule has 126 heavy (non-hydrogen) atoms. The number of pyridine rings is 4. The minimum atomic E-state index is -0.651. The van der Waals surface area contributed by atoms with Gasteiger partial charge in [0.1, 0.15) is 46.0 Å². The molecule has 0 spiro atoms. The van der Waals surface area contributed by atoms with Crippen LogP contribution in [-0.2, 0) is 32.8 Å². The predicted molar refractivity (Wildman–Crippen MR) is 481 cm³/mol. The topological polar surface area (TPSA) is 381 Å². The summed E-state index contributed by atoms with van der Waals surface area (Å²) in [7, 11) is 0. The molecule has 30 nitrogen and oxygen atoms in total. The Hall–Kier alpha value is -14.2. The predicted octanol–water partition coefficient (Wildman–Crippen LogP) is 16.6. The molecule has 13 heterocycles. The van der Waals surface area contributed by atoms with Gasteiger partial charge in [-0.15, -0.1) is 40.8 Å². The average molecular weight is 1700 g/mol. The fraction of sp³-hybridized carbons (Fsp3) is 0.287. The largest absolute Gasteiger partial charge is 0.438 e. The normalized spacial score (nSPS) is 12.0. The minimum absolute atomic E-state index is 0.0505. The molecule has 0 saturated carbocycles. The van der Waals surface area contributed by atoms with Crippen molar-refractivity contribution in [1.29, 1.82) is 0 Å². The molecule has 1 unspecified atom stereocenters. The third-order valence-corrected chi connectivity index (χ3v) is 21.1. The van der Waals surface area contributed by atoms with Gasteiger partial charge in [-0.05, 0) is 239 Å². The Morgan fingerprint density at radius 2 is 0.746 bits per heavy atom. The zero-order valence-corrected chi connectivity index (χ0v) is 73.3. The summed E-state index contributed by atoms with van der Waals surface area (Å²) < 4.78 is 41.9. The number of nitrogens with one attached hydrogen (secondary N) is 4. The molecule has 0 aliphatic rings. The van der Waals surface area contributed by atoms with E-state index in [2.05, 4.69) is 166 Å². The number of anilines is 4. The van der Waals surface area contributed by atoms with Gasteiger partial charge < -0.3 is 64.4 Å². The molecule has 32 heteroatoms. The van der Waals surface area contributed by atoms with Crippen molar-refractivity contribution in [3.05, 3.63) is 291 Å². The van der Waals surface area contributed by atoms with E-state index in [1.165, 1.54) is 23.3 Å². The van der Waals surface area contributed by atoms with Gasteiger partial charge in [0.2, 0.25) is 5.89 Å². The summed E-state index contributed by atoms with van der Waals surface area (Å²) >= 11 is 0. The molecule has 3 aromatic carbocycles. The molecule has 0 fully saturated rings. The number of para-hydroxylation sites is 2. The van der Waals surface area contributed by atoms with Crippen LogP contribution >= 0.6 is 0 Å². The lowest BCUT2D eigenvalue weighted by Crippen LogP contribution is -2.31.